The zero-order valence-corrected chi connectivity index (χ0v) is 11.1. The first-order valence-electron chi connectivity index (χ1n) is 6.14. The number of nitrogens with zero attached hydrogens (tertiary/aromatic N) is 1. The average molecular weight is 283 g/mol. The van der Waals surface area contributed by atoms with Crippen LogP contribution in [0, 0.1) is 0 Å². The molecule has 5 nitrogen and oxygen atoms in total. The number of carbonyl (C=O) groups is 2. The van der Waals surface area contributed by atoms with Gasteiger partial charge in [0.25, 0.3) is 0 Å². The van der Waals surface area contributed by atoms with Crippen molar-refractivity contribution in [2.24, 2.45) is 0 Å². The highest BCUT2D eigenvalue weighted by Crippen LogP contribution is 2.23. The van der Waals surface area contributed by atoms with Crippen LogP contribution in [-0.4, -0.2) is 34.6 Å². The predicted molar refractivity (Wildman–Crippen MR) is 72.5 cm³/mol. The number of carboxylic acids is 1. The first-order chi connectivity index (χ1) is 9.09. The molecule has 1 saturated heterocycles. The molecule has 1 aliphatic rings. The van der Waals surface area contributed by atoms with Crippen molar-refractivity contribution in [2.45, 2.75) is 25.3 Å². The van der Waals surface area contributed by atoms with Crippen molar-refractivity contribution < 1.29 is 14.7 Å². The number of urea groups is 1. The van der Waals surface area contributed by atoms with Crippen molar-refractivity contribution in [3.05, 3.63) is 29.3 Å². The van der Waals surface area contributed by atoms with E-state index in [1.807, 2.05) is 0 Å². The molecular formula is C13H15ClN2O3. The second-order valence-electron chi connectivity index (χ2n) is 4.45. The molecule has 0 radical (unpaired) electrons. The van der Waals surface area contributed by atoms with E-state index < -0.39 is 18.0 Å². The van der Waals surface area contributed by atoms with Gasteiger partial charge >= 0.3 is 12.0 Å². The zero-order chi connectivity index (χ0) is 13.8. The highest BCUT2D eigenvalue weighted by atomic mass is 35.5. The van der Waals surface area contributed by atoms with Crippen LogP contribution in [0.25, 0.3) is 0 Å². The number of likely N-dealkylation sites (tertiary alicyclic amines) is 1. The van der Waals surface area contributed by atoms with E-state index in [4.69, 9.17) is 16.7 Å². The maximum absolute atomic E-state index is 12.1. The van der Waals surface area contributed by atoms with Crippen LogP contribution in [0.1, 0.15) is 19.3 Å². The first-order valence-corrected chi connectivity index (χ1v) is 6.52. The van der Waals surface area contributed by atoms with Gasteiger partial charge in [-0.15, -0.1) is 0 Å². The van der Waals surface area contributed by atoms with Crippen molar-refractivity contribution >= 4 is 29.3 Å². The number of anilines is 1. The van der Waals surface area contributed by atoms with E-state index >= 15 is 0 Å². The summed E-state index contributed by atoms with van der Waals surface area (Å²) in [5, 5.41) is 12.2. The molecule has 0 saturated carbocycles. The Hall–Kier alpha value is -1.75. The second-order valence-corrected chi connectivity index (χ2v) is 4.86. The quantitative estimate of drug-likeness (QED) is 0.876. The maximum Gasteiger partial charge on any atom is 0.326 e. The van der Waals surface area contributed by atoms with Gasteiger partial charge in [0.1, 0.15) is 6.04 Å². The molecule has 1 fully saturated rings. The van der Waals surface area contributed by atoms with E-state index in [9.17, 15) is 9.59 Å². The van der Waals surface area contributed by atoms with Crippen molar-refractivity contribution in [1.82, 2.24) is 4.90 Å². The monoisotopic (exact) mass is 282 g/mol. The van der Waals surface area contributed by atoms with Gasteiger partial charge in [0.2, 0.25) is 0 Å². The molecule has 0 spiro atoms. The topological polar surface area (TPSA) is 69.6 Å². The fraction of sp³-hybridized carbons (Fsp3) is 0.385. The number of carbonyl (C=O) groups excluding carboxylic acids is 1. The first kappa shape index (κ1) is 13.7. The third-order valence-electron chi connectivity index (χ3n) is 3.16. The summed E-state index contributed by atoms with van der Waals surface area (Å²) in [6.07, 6.45) is 2.14. The molecule has 1 atom stereocenters. The zero-order valence-electron chi connectivity index (χ0n) is 10.3. The Labute approximate surface area is 116 Å². The normalized spacial score (nSPS) is 19.0. The smallest absolute Gasteiger partial charge is 0.326 e. The van der Waals surface area contributed by atoms with Crippen LogP contribution in [0.2, 0.25) is 5.02 Å². The van der Waals surface area contributed by atoms with Gasteiger partial charge < -0.3 is 15.3 Å². The summed E-state index contributed by atoms with van der Waals surface area (Å²) in [6, 6.07) is 5.70. The Morgan fingerprint density at radius 2 is 2.05 bits per heavy atom. The summed E-state index contributed by atoms with van der Waals surface area (Å²) >= 11 is 5.96. The van der Waals surface area contributed by atoms with Gasteiger partial charge in [0.15, 0.2) is 0 Å². The number of para-hydroxylation sites is 1. The molecule has 0 bridgehead atoms. The van der Waals surface area contributed by atoms with Gasteiger partial charge in [-0.05, 0) is 31.4 Å². The number of hydrogen-bond acceptors (Lipinski definition) is 2. The fourth-order valence-corrected chi connectivity index (χ4v) is 2.36. The molecule has 2 amide bonds. The van der Waals surface area contributed by atoms with E-state index in [1.54, 1.807) is 24.3 Å². The molecule has 1 aromatic rings. The molecule has 1 aliphatic heterocycles. The summed E-state index contributed by atoms with van der Waals surface area (Å²) in [7, 11) is 0. The molecule has 0 aromatic heterocycles. The van der Waals surface area contributed by atoms with Crippen molar-refractivity contribution in [2.75, 3.05) is 11.9 Å². The summed E-state index contributed by atoms with van der Waals surface area (Å²) < 4.78 is 0. The number of hydrogen-bond donors (Lipinski definition) is 2. The molecule has 19 heavy (non-hydrogen) atoms. The second kappa shape index (κ2) is 5.93. The predicted octanol–water partition coefficient (Wildman–Crippen LogP) is 2.81. The van der Waals surface area contributed by atoms with Crippen LogP contribution in [0.3, 0.4) is 0 Å². The SMILES string of the molecule is O=C(O)[C@H]1CCCCN1C(=O)Nc1ccccc1Cl. The van der Waals surface area contributed by atoms with Crippen LogP contribution in [0.4, 0.5) is 10.5 Å². The molecule has 2 N–H and O–H groups in total. The summed E-state index contributed by atoms with van der Waals surface area (Å²) in [4.78, 5) is 24.6. The van der Waals surface area contributed by atoms with Gasteiger partial charge in [-0.1, -0.05) is 23.7 Å². The third-order valence-corrected chi connectivity index (χ3v) is 3.49. The molecule has 0 aliphatic carbocycles. The lowest BCUT2D eigenvalue weighted by atomic mass is 10.0. The van der Waals surface area contributed by atoms with Crippen LogP contribution >= 0.6 is 11.6 Å². The van der Waals surface area contributed by atoms with Gasteiger partial charge in [-0.2, -0.15) is 0 Å². The Bertz CT molecular complexity index is 493. The third kappa shape index (κ3) is 3.17. The van der Waals surface area contributed by atoms with Gasteiger partial charge in [-0.25, -0.2) is 9.59 Å². The number of piperidine rings is 1. The van der Waals surface area contributed by atoms with Gasteiger partial charge in [0.05, 0.1) is 10.7 Å². The van der Waals surface area contributed by atoms with Crippen LogP contribution in [-0.2, 0) is 4.79 Å². The molecular weight excluding hydrogens is 268 g/mol. The highest BCUT2D eigenvalue weighted by molar-refractivity contribution is 6.33. The minimum atomic E-state index is -0.964. The van der Waals surface area contributed by atoms with Crippen LogP contribution < -0.4 is 5.32 Å². The Kier molecular flexibility index (Phi) is 4.27. The summed E-state index contributed by atoms with van der Waals surface area (Å²) in [5.74, 6) is -0.964. The number of halogens is 1. The largest absolute Gasteiger partial charge is 0.480 e. The minimum Gasteiger partial charge on any atom is -0.480 e. The number of amides is 2. The van der Waals surface area contributed by atoms with Crippen molar-refractivity contribution in [1.29, 1.82) is 0 Å². The van der Waals surface area contributed by atoms with E-state index in [0.717, 1.165) is 12.8 Å². The summed E-state index contributed by atoms with van der Waals surface area (Å²) in [6.45, 7) is 0.452. The molecule has 6 heteroatoms. The Morgan fingerprint density at radius 3 is 2.74 bits per heavy atom. The van der Waals surface area contributed by atoms with Crippen LogP contribution in [0.5, 0.6) is 0 Å². The number of nitrogens with one attached hydrogen (secondary N) is 1. The fourth-order valence-electron chi connectivity index (χ4n) is 2.18. The average Bonchev–Trinajstić information content (AvgIpc) is 2.41. The highest BCUT2D eigenvalue weighted by Gasteiger charge is 2.32. The van der Waals surface area contributed by atoms with Crippen molar-refractivity contribution in [3.8, 4) is 0 Å². The number of carboxylic acid groups (broad SMARTS) is 1. The molecule has 102 valence electrons. The Morgan fingerprint density at radius 1 is 1.32 bits per heavy atom. The maximum atomic E-state index is 12.1. The number of aliphatic carboxylic acids is 1. The standard InChI is InChI=1S/C13H15ClN2O3/c14-9-5-1-2-6-10(9)15-13(19)16-8-4-3-7-11(16)12(17)18/h1-2,5-6,11H,3-4,7-8H2,(H,15,19)(H,17,18)/t11-/m1/s1. The molecule has 0 unspecified atom stereocenters. The molecule has 1 aromatic carbocycles. The van der Waals surface area contributed by atoms with Crippen LogP contribution in [0.15, 0.2) is 24.3 Å². The van der Waals surface area contributed by atoms with E-state index in [2.05, 4.69) is 5.32 Å². The lowest BCUT2D eigenvalue weighted by Gasteiger charge is -2.32. The lowest BCUT2D eigenvalue weighted by molar-refractivity contribution is -0.143. The number of benzene rings is 1. The summed E-state index contributed by atoms with van der Waals surface area (Å²) in [5.41, 5.74) is 0.490. The number of rotatable bonds is 2. The minimum absolute atomic E-state index is 0.416. The van der Waals surface area contributed by atoms with E-state index in [1.165, 1.54) is 4.90 Å². The van der Waals surface area contributed by atoms with E-state index in [-0.39, 0.29) is 0 Å². The molecule has 2 rings (SSSR count). The Balaban J connectivity index is 2.10. The molecule has 1 heterocycles. The van der Waals surface area contributed by atoms with Gasteiger partial charge in [-0.3, -0.25) is 0 Å². The lowest BCUT2D eigenvalue weighted by Crippen LogP contribution is -2.49. The van der Waals surface area contributed by atoms with E-state index in [0.29, 0.717) is 23.7 Å². The van der Waals surface area contributed by atoms with Crippen molar-refractivity contribution in [3.63, 3.8) is 0 Å². The van der Waals surface area contributed by atoms with Gasteiger partial charge in [0, 0.05) is 6.54 Å².